The fourth-order valence-electron chi connectivity index (χ4n) is 3.66. The van der Waals surface area contributed by atoms with E-state index in [1.54, 1.807) is 6.33 Å². The zero-order chi connectivity index (χ0) is 20.0. The minimum Gasteiger partial charge on any atom is -0.382 e. The number of anilines is 2. The van der Waals surface area contributed by atoms with Gasteiger partial charge in [-0.05, 0) is 24.6 Å². The molecule has 0 fully saturated rings. The van der Waals surface area contributed by atoms with Crippen LogP contribution in [0.3, 0.4) is 0 Å². The zero-order valence-corrected chi connectivity index (χ0v) is 15.8. The van der Waals surface area contributed by atoms with Crippen molar-refractivity contribution in [2.45, 2.75) is 19.7 Å². The normalized spacial score (nSPS) is 16.0. The molecule has 0 radical (unpaired) electrons. The summed E-state index contributed by atoms with van der Waals surface area (Å²) >= 11 is 0. The summed E-state index contributed by atoms with van der Waals surface area (Å²) in [6.07, 6.45) is 2.23. The van der Waals surface area contributed by atoms with Gasteiger partial charge in [-0.2, -0.15) is 0 Å². The summed E-state index contributed by atoms with van der Waals surface area (Å²) < 4.78 is 1.86. The van der Waals surface area contributed by atoms with E-state index in [0.29, 0.717) is 29.4 Å². The summed E-state index contributed by atoms with van der Waals surface area (Å²) in [6, 6.07) is 15.5. The van der Waals surface area contributed by atoms with Crippen LogP contribution in [0.2, 0.25) is 0 Å². The number of aromatic nitrogens is 4. The van der Waals surface area contributed by atoms with Gasteiger partial charge in [0.2, 0.25) is 0 Å². The summed E-state index contributed by atoms with van der Waals surface area (Å²) in [5, 5.41) is 11.2. The second-order valence-electron chi connectivity index (χ2n) is 6.92. The minimum atomic E-state index is -0.853. The Morgan fingerprint density at radius 2 is 1.83 bits per heavy atom. The molecule has 3 N–H and O–H groups in total. The second-order valence-corrected chi connectivity index (χ2v) is 6.92. The molecule has 0 saturated carbocycles. The van der Waals surface area contributed by atoms with E-state index in [1.165, 1.54) is 6.33 Å². The Balaban J connectivity index is 1.66. The number of rotatable bonds is 3. The van der Waals surface area contributed by atoms with E-state index in [-0.39, 0.29) is 0 Å². The minimum absolute atomic E-state index is 0.334. The lowest BCUT2D eigenvalue weighted by molar-refractivity contribution is 0.186. The average molecular weight is 385 g/mol. The fraction of sp³-hybridized carbons (Fsp3) is 0.143. The van der Waals surface area contributed by atoms with Crippen LogP contribution < -0.4 is 10.6 Å². The van der Waals surface area contributed by atoms with Crippen molar-refractivity contribution in [3.8, 4) is 0 Å². The van der Waals surface area contributed by atoms with Crippen molar-refractivity contribution in [3.63, 3.8) is 0 Å². The number of fused-ring (bicyclic) bond motifs is 2. The van der Waals surface area contributed by atoms with Gasteiger partial charge in [0.1, 0.15) is 17.7 Å². The number of amidine groups is 1. The highest BCUT2D eigenvalue weighted by atomic mass is 16.3. The first-order valence-electron chi connectivity index (χ1n) is 9.24. The first-order valence-corrected chi connectivity index (χ1v) is 9.24. The molecule has 3 heterocycles. The van der Waals surface area contributed by atoms with Crippen molar-refractivity contribution >= 4 is 34.2 Å². The zero-order valence-electron chi connectivity index (χ0n) is 15.8. The number of aliphatic hydroxyl groups is 1. The molecule has 0 amide bonds. The van der Waals surface area contributed by atoms with E-state index in [4.69, 9.17) is 10.7 Å². The third kappa shape index (κ3) is 2.81. The van der Waals surface area contributed by atoms with Crippen molar-refractivity contribution in [2.75, 3.05) is 10.6 Å². The highest BCUT2D eigenvalue weighted by Crippen LogP contribution is 2.37. The van der Waals surface area contributed by atoms with Crippen molar-refractivity contribution in [2.24, 2.45) is 4.99 Å². The largest absolute Gasteiger partial charge is 0.382 e. The summed E-state index contributed by atoms with van der Waals surface area (Å²) in [7, 11) is 0. The highest BCUT2D eigenvalue weighted by Gasteiger charge is 2.30. The summed E-state index contributed by atoms with van der Waals surface area (Å²) in [5.74, 6) is 1.02. The third-order valence-corrected chi connectivity index (χ3v) is 5.10. The number of hydrogen-bond acceptors (Lipinski definition) is 7. The number of aliphatic imine (C=N–C) groups is 1. The van der Waals surface area contributed by atoms with Crippen molar-refractivity contribution in [1.82, 2.24) is 19.5 Å². The standard InChI is InChI=1S/C21H19N7O/c1-13-6-2-5-9-16(13)28-17(26-15-8-4-3-7-14(15)21(28)29)10-27-12-25-18-19(22)23-11-24-20(18)27/h2-9,11-12,21,29H,10H2,1H3,(H2,22,23,24). The average Bonchev–Trinajstić information content (AvgIpc) is 3.14. The van der Waals surface area contributed by atoms with Gasteiger partial charge in [0, 0.05) is 11.3 Å². The Morgan fingerprint density at radius 1 is 1.03 bits per heavy atom. The molecule has 2 aromatic carbocycles. The third-order valence-electron chi connectivity index (χ3n) is 5.10. The van der Waals surface area contributed by atoms with E-state index in [2.05, 4.69) is 15.0 Å². The van der Waals surface area contributed by atoms with Gasteiger partial charge in [0.15, 0.2) is 17.7 Å². The molecule has 8 nitrogen and oxygen atoms in total. The maximum absolute atomic E-state index is 11.2. The summed E-state index contributed by atoms with van der Waals surface area (Å²) in [5.41, 5.74) is 10.5. The van der Waals surface area contributed by atoms with Crippen LogP contribution in [0, 0.1) is 6.92 Å². The lowest BCUT2D eigenvalue weighted by Crippen LogP contribution is -2.40. The van der Waals surface area contributed by atoms with E-state index >= 15 is 0 Å². The van der Waals surface area contributed by atoms with E-state index < -0.39 is 6.23 Å². The number of imidazole rings is 1. The molecule has 144 valence electrons. The van der Waals surface area contributed by atoms with Gasteiger partial charge >= 0.3 is 0 Å². The molecule has 29 heavy (non-hydrogen) atoms. The molecule has 1 aliphatic rings. The fourth-order valence-corrected chi connectivity index (χ4v) is 3.66. The number of nitrogens with zero attached hydrogens (tertiary/aromatic N) is 6. The van der Waals surface area contributed by atoms with Crippen LogP contribution in [-0.2, 0) is 6.54 Å². The lowest BCUT2D eigenvalue weighted by atomic mass is 10.1. The van der Waals surface area contributed by atoms with Crippen LogP contribution in [0.25, 0.3) is 11.2 Å². The first kappa shape index (κ1) is 17.3. The predicted octanol–water partition coefficient (Wildman–Crippen LogP) is 2.96. The summed E-state index contributed by atoms with van der Waals surface area (Å²) in [6.45, 7) is 2.38. The Bertz CT molecular complexity index is 1250. The molecule has 1 aliphatic heterocycles. The van der Waals surface area contributed by atoms with Gasteiger partial charge < -0.3 is 15.4 Å². The van der Waals surface area contributed by atoms with Gasteiger partial charge in [-0.3, -0.25) is 4.90 Å². The SMILES string of the molecule is Cc1ccccc1N1C(Cn2cnc3c(N)ncnc32)=Nc2ccccc2C1O. The highest BCUT2D eigenvalue weighted by molar-refractivity contribution is 6.02. The molecule has 4 aromatic rings. The Hall–Kier alpha value is -3.78. The van der Waals surface area contributed by atoms with E-state index in [1.807, 2.05) is 64.9 Å². The van der Waals surface area contributed by atoms with Gasteiger partial charge in [-0.15, -0.1) is 0 Å². The quantitative estimate of drug-likeness (QED) is 0.562. The van der Waals surface area contributed by atoms with E-state index in [9.17, 15) is 5.11 Å². The Morgan fingerprint density at radius 3 is 2.69 bits per heavy atom. The van der Waals surface area contributed by atoms with Crippen LogP contribution in [0.4, 0.5) is 17.2 Å². The second kappa shape index (κ2) is 6.68. The van der Waals surface area contributed by atoms with Gasteiger partial charge in [0.05, 0.1) is 18.6 Å². The molecule has 0 bridgehead atoms. The van der Waals surface area contributed by atoms with Crippen LogP contribution >= 0.6 is 0 Å². The first-order chi connectivity index (χ1) is 14.1. The van der Waals surface area contributed by atoms with Crippen LogP contribution in [0.1, 0.15) is 17.4 Å². The molecule has 8 heteroatoms. The van der Waals surface area contributed by atoms with Gasteiger partial charge in [0.25, 0.3) is 0 Å². The Labute approximate surface area is 167 Å². The molecule has 1 atom stereocenters. The van der Waals surface area contributed by atoms with Crippen LogP contribution in [-0.4, -0.2) is 30.5 Å². The lowest BCUT2D eigenvalue weighted by Gasteiger charge is -2.36. The molecule has 5 rings (SSSR count). The van der Waals surface area contributed by atoms with Crippen molar-refractivity contribution in [3.05, 3.63) is 72.3 Å². The van der Waals surface area contributed by atoms with Crippen molar-refractivity contribution < 1.29 is 5.11 Å². The molecule has 0 aliphatic carbocycles. The topological polar surface area (TPSA) is 105 Å². The number of para-hydroxylation sites is 2. The van der Waals surface area contributed by atoms with Gasteiger partial charge in [-0.25, -0.2) is 19.9 Å². The molecule has 0 spiro atoms. The smallest absolute Gasteiger partial charge is 0.165 e. The maximum atomic E-state index is 11.2. The van der Waals surface area contributed by atoms with Crippen LogP contribution in [0.5, 0.6) is 0 Å². The number of hydrogen-bond donors (Lipinski definition) is 2. The summed E-state index contributed by atoms with van der Waals surface area (Å²) in [4.78, 5) is 19.4. The molecule has 1 unspecified atom stereocenters. The number of aliphatic hydroxyl groups excluding tert-OH is 1. The number of benzene rings is 2. The molecular formula is C21H19N7O. The van der Waals surface area contributed by atoms with Crippen molar-refractivity contribution in [1.29, 1.82) is 0 Å². The molecule has 0 saturated heterocycles. The Kier molecular flexibility index (Phi) is 3.99. The number of nitrogen functional groups attached to an aromatic ring is 1. The van der Waals surface area contributed by atoms with E-state index in [0.717, 1.165) is 22.5 Å². The maximum Gasteiger partial charge on any atom is 0.165 e. The molecule has 2 aromatic heterocycles. The number of nitrogens with two attached hydrogens (primary N) is 1. The van der Waals surface area contributed by atoms with Crippen LogP contribution in [0.15, 0.2) is 66.2 Å². The number of aryl methyl sites for hydroxylation is 1. The molecular weight excluding hydrogens is 366 g/mol. The van der Waals surface area contributed by atoms with Gasteiger partial charge in [-0.1, -0.05) is 36.4 Å². The monoisotopic (exact) mass is 385 g/mol. The predicted molar refractivity (Wildman–Crippen MR) is 112 cm³/mol.